The fraction of sp³-hybridized carbons (Fsp3) is 0.0476. The van der Waals surface area contributed by atoms with E-state index in [9.17, 15) is 4.39 Å². The molecule has 4 rings (SSSR count). The van der Waals surface area contributed by atoms with Crippen molar-refractivity contribution in [1.82, 2.24) is 0 Å². The van der Waals surface area contributed by atoms with Crippen LogP contribution in [-0.4, -0.2) is 5.50 Å². The van der Waals surface area contributed by atoms with E-state index >= 15 is 0 Å². The molecule has 0 amide bonds. The van der Waals surface area contributed by atoms with Gasteiger partial charge in [0, 0.05) is 27.6 Å². The van der Waals surface area contributed by atoms with Crippen molar-refractivity contribution in [3.8, 4) is 0 Å². The third kappa shape index (κ3) is 3.65. The number of nitrogens with zero attached hydrogens (tertiary/aromatic N) is 2. The molecule has 1 atom stereocenters. The number of benzene rings is 3. The maximum Gasteiger partial charge on any atom is 0.156 e. The summed E-state index contributed by atoms with van der Waals surface area (Å²) in [6, 6.07) is 21.5. The summed E-state index contributed by atoms with van der Waals surface area (Å²) in [5, 5.41) is 1.33. The Labute approximate surface area is 172 Å². The Kier molecular flexibility index (Phi) is 5.04. The molecule has 27 heavy (non-hydrogen) atoms. The molecule has 0 fully saturated rings. The maximum atomic E-state index is 13.4. The predicted molar refractivity (Wildman–Crippen MR) is 115 cm³/mol. The average Bonchev–Trinajstić information content (AvgIpc) is 3.01. The van der Waals surface area contributed by atoms with Crippen LogP contribution in [0.25, 0.3) is 5.70 Å². The van der Waals surface area contributed by atoms with Gasteiger partial charge in [0.15, 0.2) is 5.50 Å². The molecule has 0 aromatic heterocycles. The third-order valence-corrected chi connectivity index (χ3v) is 5.35. The fourth-order valence-electron chi connectivity index (χ4n) is 3.04. The molecule has 3 aromatic carbocycles. The van der Waals surface area contributed by atoms with Crippen LogP contribution in [0.15, 0.2) is 79.0 Å². The van der Waals surface area contributed by atoms with Crippen molar-refractivity contribution >= 4 is 52.9 Å². The van der Waals surface area contributed by atoms with Gasteiger partial charge in [-0.05, 0) is 78.4 Å². The molecule has 1 unspecified atom stereocenters. The van der Waals surface area contributed by atoms with E-state index in [1.54, 1.807) is 12.1 Å². The zero-order valence-corrected chi connectivity index (χ0v) is 16.5. The van der Waals surface area contributed by atoms with Crippen LogP contribution in [0, 0.1) is 5.82 Å². The molecule has 136 valence electrons. The topological polar surface area (TPSA) is 6.48 Å². The van der Waals surface area contributed by atoms with E-state index in [1.807, 2.05) is 59.6 Å². The molecule has 0 aliphatic carbocycles. The lowest BCUT2D eigenvalue weighted by Crippen LogP contribution is -2.35. The molecule has 0 N–H and O–H groups in total. The zero-order chi connectivity index (χ0) is 19.0. The molecular formula is C21H15Cl2FN2S. The fourth-order valence-corrected chi connectivity index (χ4v) is 3.75. The highest BCUT2D eigenvalue weighted by Crippen LogP contribution is 2.39. The Morgan fingerprint density at radius 2 is 1.26 bits per heavy atom. The smallest absolute Gasteiger partial charge is 0.156 e. The molecular weight excluding hydrogens is 402 g/mol. The molecule has 2 nitrogen and oxygen atoms in total. The predicted octanol–water partition coefficient (Wildman–Crippen LogP) is 6.67. The normalized spacial score (nSPS) is 16.6. The van der Waals surface area contributed by atoms with Gasteiger partial charge in [0.25, 0.3) is 0 Å². The van der Waals surface area contributed by atoms with Gasteiger partial charge in [-0.25, -0.2) is 4.39 Å². The molecule has 1 heterocycles. The summed E-state index contributed by atoms with van der Waals surface area (Å²) in [4.78, 5) is 4.11. The minimum absolute atomic E-state index is 0.271. The number of thiol groups is 1. The minimum Gasteiger partial charge on any atom is -0.316 e. The highest BCUT2D eigenvalue weighted by atomic mass is 35.5. The number of anilines is 2. The van der Waals surface area contributed by atoms with Crippen molar-refractivity contribution < 1.29 is 4.39 Å². The molecule has 0 spiro atoms. The minimum atomic E-state index is -0.285. The van der Waals surface area contributed by atoms with E-state index in [0.717, 1.165) is 22.6 Å². The summed E-state index contributed by atoms with van der Waals surface area (Å²) in [5.74, 6) is -0.271. The summed E-state index contributed by atoms with van der Waals surface area (Å²) in [6.07, 6.45) is 2.00. The SMILES string of the molecule is Fc1ccc(C2=CN(c3ccc(Cl)cc3)C(S)N2c2ccc(Cl)cc2)cc1. The second kappa shape index (κ2) is 7.47. The van der Waals surface area contributed by atoms with Crippen molar-refractivity contribution in [2.45, 2.75) is 5.50 Å². The molecule has 0 saturated heterocycles. The van der Waals surface area contributed by atoms with Crippen LogP contribution >= 0.6 is 35.8 Å². The largest absolute Gasteiger partial charge is 0.316 e. The lowest BCUT2D eigenvalue weighted by molar-refractivity contribution is 0.627. The molecule has 1 aliphatic heterocycles. The lowest BCUT2D eigenvalue weighted by Gasteiger charge is -2.31. The lowest BCUT2D eigenvalue weighted by atomic mass is 10.1. The summed E-state index contributed by atoms with van der Waals surface area (Å²) in [6.45, 7) is 0. The van der Waals surface area contributed by atoms with Crippen molar-refractivity contribution in [2.75, 3.05) is 9.80 Å². The van der Waals surface area contributed by atoms with Crippen molar-refractivity contribution in [1.29, 1.82) is 0 Å². The number of halogens is 3. The van der Waals surface area contributed by atoms with Gasteiger partial charge in [0.1, 0.15) is 5.82 Å². The molecule has 6 heteroatoms. The van der Waals surface area contributed by atoms with Gasteiger partial charge in [-0.3, -0.25) is 0 Å². The molecule has 1 aliphatic rings. The third-order valence-electron chi connectivity index (χ3n) is 4.37. The van der Waals surface area contributed by atoms with Gasteiger partial charge in [0.2, 0.25) is 0 Å². The van der Waals surface area contributed by atoms with Gasteiger partial charge >= 0.3 is 0 Å². The molecule has 0 saturated carbocycles. The highest BCUT2D eigenvalue weighted by Gasteiger charge is 2.32. The summed E-state index contributed by atoms with van der Waals surface area (Å²) >= 11 is 16.9. The Morgan fingerprint density at radius 3 is 1.81 bits per heavy atom. The second-order valence-corrected chi connectivity index (χ2v) is 7.43. The van der Waals surface area contributed by atoms with Gasteiger partial charge in [0.05, 0.1) is 5.70 Å². The molecule has 0 bridgehead atoms. The Bertz CT molecular complexity index is 973. The van der Waals surface area contributed by atoms with Crippen LogP contribution in [0.4, 0.5) is 15.8 Å². The maximum absolute atomic E-state index is 13.4. The van der Waals surface area contributed by atoms with Crippen LogP contribution < -0.4 is 9.80 Å². The van der Waals surface area contributed by atoms with Crippen LogP contribution in [-0.2, 0) is 0 Å². The van der Waals surface area contributed by atoms with Crippen molar-refractivity contribution in [2.24, 2.45) is 0 Å². The van der Waals surface area contributed by atoms with E-state index in [1.165, 1.54) is 12.1 Å². The highest BCUT2D eigenvalue weighted by molar-refractivity contribution is 7.81. The Morgan fingerprint density at radius 1 is 0.741 bits per heavy atom. The van der Waals surface area contributed by atoms with Crippen LogP contribution in [0.2, 0.25) is 10.0 Å². The van der Waals surface area contributed by atoms with Gasteiger partial charge in [-0.15, -0.1) is 12.6 Å². The standard InChI is InChI=1S/C21H15Cl2FN2S/c22-15-3-9-18(10-4-15)25-13-20(14-1-7-17(24)8-2-14)26(21(25)27)19-11-5-16(23)6-12-19/h1-13,21,27H. The van der Waals surface area contributed by atoms with Crippen LogP contribution in [0.5, 0.6) is 0 Å². The quantitative estimate of drug-likeness (QED) is 0.476. The van der Waals surface area contributed by atoms with Crippen LogP contribution in [0.1, 0.15) is 5.56 Å². The van der Waals surface area contributed by atoms with Crippen molar-refractivity contribution in [3.05, 3.63) is 100 Å². The first-order chi connectivity index (χ1) is 13.0. The van der Waals surface area contributed by atoms with Gasteiger partial charge < -0.3 is 9.80 Å². The summed E-state index contributed by atoms with van der Waals surface area (Å²) in [7, 11) is 0. The van der Waals surface area contributed by atoms with E-state index in [4.69, 9.17) is 35.8 Å². The van der Waals surface area contributed by atoms with Gasteiger partial charge in [-0.2, -0.15) is 0 Å². The zero-order valence-electron chi connectivity index (χ0n) is 14.1. The number of hydrogen-bond acceptors (Lipinski definition) is 3. The average molecular weight is 417 g/mol. The first-order valence-corrected chi connectivity index (χ1v) is 9.55. The molecule has 3 aromatic rings. The summed E-state index contributed by atoms with van der Waals surface area (Å²) in [5.41, 5.74) is 3.41. The number of rotatable bonds is 3. The first-order valence-electron chi connectivity index (χ1n) is 8.27. The van der Waals surface area contributed by atoms with E-state index in [-0.39, 0.29) is 11.3 Å². The van der Waals surface area contributed by atoms with E-state index in [0.29, 0.717) is 10.0 Å². The van der Waals surface area contributed by atoms with E-state index < -0.39 is 0 Å². The monoisotopic (exact) mass is 416 g/mol. The first kappa shape index (κ1) is 18.2. The van der Waals surface area contributed by atoms with Crippen molar-refractivity contribution in [3.63, 3.8) is 0 Å². The van der Waals surface area contributed by atoms with Crippen LogP contribution in [0.3, 0.4) is 0 Å². The second-order valence-electron chi connectivity index (χ2n) is 6.10. The Balaban J connectivity index is 1.80. The van der Waals surface area contributed by atoms with E-state index in [2.05, 4.69) is 4.90 Å². The summed E-state index contributed by atoms with van der Waals surface area (Å²) < 4.78 is 13.4. The van der Waals surface area contributed by atoms with Gasteiger partial charge in [-0.1, -0.05) is 23.2 Å². The number of hydrogen-bond donors (Lipinski definition) is 1. The Hall–Kier alpha value is -2.14. The molecule has 0 radical (unpaired) electrons.